The molecule has 0 unspecified atom stereocenters. The first kappa shape index (κ1) is 19.4. The zero-order chi connectivity index (χ0) is 18.6. The number of likely N-dealkylation sites (tertiary alicyclic amines) is 2. The van der Waals surface area contributed by atoms with Gasteiger partial charge in [0.1, 0.15) is 0 Å². The van der Waals surface area contributed by atoms with Gasteiger partial charge in [-0.15, -0.1) is 11.3 Å². The fraction of sp³-hybridized carbons (Fsp3) is 0.762. The summed E-state index contributed by atoms with van der Waals surface area (Å²) in [6, 6.07) is 4.66. The maximum absolute atomic E-state index is 13.0. The number of carbonyl (C=O) groups excluding carboxylic acids is 1. The molecule has 0 spiro atoms. The molecule has 3 aliphatic heterocycles. The number of carbonyl (C=O) groups is 1. The van der Waals surface area contributed by atoms with Crippen molar-refractivity contribution < 1.29 is 14.6 Å². The van der Waals surface area contributed by atoms with E-state index in [2.05, 4.69) is 9.80 Å². The zero-order valence-electron chi connectivity index (χ0n) is 16.1. The van der Waals surface area contributed by atoms with Gasteiger partial charge in [-0.1, -0.05) is 6.07 Å². The molecule has 0 aromatic carbocycles. The molecule has 150 valence electrons. The monoisotopic (exact) mass is 392 g/mol. The number of aliphatic hydroxyl groups excluding tert-OH is 1. The first-order valence-electron chi connectivity index (χ1n) is 10.5. The van der Waals surface area contributed by atoms with Crippen LogP contribution in [0.25, 0.3) is 0 Å². The summed E-state index contributed by atoms with van der Waals surface area (Å²) in [5, 5.41) is 12.6. The Morgan fingerprint density at radius 2 is 1.78 bits per heavy atom. The first-order valence-corrected chi connectivity index (χ1v) is 11.4. The standard InChI is InChI=1S/C21H32N2O3S/c24-20(19-2-1-15-27-19)16-3-11-23(12-4-16)21(25)17-5-9-22(10-6-17)18-7-13-26-14-8-18/h1-2,15-18,20,24H,3-14H2/t20-/m0/s1. The second kappa shape index (κ2) is 9.03. The van der Waals surface area contributed by atoms with E-state index >= 15 is 0 Å². The van der Waals surface area contributed by atoms with E-state index in [4.69, 9.17) is 4.74 Å². The van der Waals surface area contributed by atoms with Gasteiger partial charge < -0.3 is 19.6 Å². The number of nitrogens with zero attached hydrogens (tertiary/aromatic N) is 2. The Labute approximate surface area is 166 Å². The molecule has 0 radical (unpaired) electrons. The lowest BCUT2D eigenvalue weighted by Crippen LogP contribution is -2.48. The van der Waals surface area contributed by atoms with E-state index in [9.17, 15) is 9.90 Å². The molecule has 3 saturated heterocycles. The lowest BCUT2D eigenvalue weighted by Gasteiger charge is -2.41. The number of ether oxygens (including phenoxy) is 1. The van der Waals surface area contributed by atoms with Gasteiger partial charge in [0.25, 0.3) is 0 Å². The zero-order valence-corrected chi connectivity index (χ0v) is 16.9. The molecule has 1 N–H and O–H groups in total. The van der Waals surface area contributed by atoms with Crippen LogP contribution in [-0.2, 0) is 9.53 Å². The van der Waals surface area contributed by atoms with E-state index in [0.29, 0.717) is 11.9 Å². The molecule has 1 aromatic rings. The predicted octanol–water partition coefficient (Wildman–Crippen LogP) is 2.91. The van der Waals surface area contributed by atoms with Crippen molar-refractivity contribution in [1.29, 1.82) is 0 Å². The van der Waals surface area contributed by atoms with Gasteiger partial charge in [-0.05, 0) is 69.0 Å². The molecule has 0 aliphatic carbocycles. The molecule has 3 fully saturated rings. The second-order valence-electron chi connectivity index (χ2n) is 8.28. The van der Waals surface area contributed by atoms with Crippen molar-refractivity contribution in [3.05, 3.63) is 22.4 Å². The number of hydrogen-bond donors (Lipinski definition) is 1. The van der Waals surface area contributed by atoms with Crippen LogP contribution < -0.4 is 0 Å². The van der Waals surface area contributed by atoms with E-state index in [1.807, 2.05) is 17.5 Å². The van der Waals surface area contributed by atoms with Crippen molar-refractivity contribution in [1.82, 2.24) is 9.80 Å². The van der Waals surface area contributed by atoms with Crippen LogP contribution in [0.4, 0.5) is 0 Å². The molecule has 1 amide bonds. The summed E-state index contributed by atoms with van der Waals surface area (Å²) in [4.78, 5) is 18.7. The number of rotatable bonds is 4. The highest BCUT2D eigenvalue weighted by Gasteiger charge is 2.34. The summed E-state index contributed by atoms with van der Waals surface area (Å²) in [6.45, 7) is 5.47. The van der Waals surface area contributed by atoms with Crippen LogP contribution in [0.3, 0.4) is 0 Å². The summed E-state index contributed by atoms with van der Waals surface area (Å²) in [6.07, 6.45) is 5.71. The van der Waals surface area contributed by atoms with Gasteiger partial charge in [0.15, 0.2) is 0 Å². The molecule has 0 saturated carbocycles. The number of hydrogen-bond acceptors (Lipinski definition) is 5. The van der Waals surface area contributed by atoms with Gasteiger partial charge in [0, 0.05) is 43.1 Å². The van der Waals surface area contributed by atoms with Crippen molar-refractivity contribution in [2.75, 3.05) is 39.4 Å². The van der Waals surface area contributed by atoms with E-state index < -0.39 is 0 Å². The molecule has 4 rings (SSSR count). The molecular formula is C21H32N2O3S. The molecule has 27 heavy (non-hydrogen) atoms. The van der Waals surface area contributed by atoms with Gasteiger partial charge >= 0.3 is 0 Å². The minimum atomic E-state index is -0.370. The highest BCUT2D eigenvalue weighted by molar-refractivity contribution is 7.10. The Kier molecular flexibility index (Phi) is 6.48. The summed E-state index contributed by atoms with van der Waals surface area (Å²) in [7, 11) is 0. The van der Waals surface area contributed by atoms with Gasteiger partial charge in [-0.2, -0.15) is 0 Å². The third kappa shape index (κ3) is 4.56. The first-order chi connectivity index (χ1) is 13.2. The van der Waals surface area contributed by atoms with Gasteiger partial charge in [-0.3, -0.25) is 4.79 Å². The fourth-order valence-corrected chi connectivity index (χ4v) is 5.75. The Bertz CT molecular complexity index is 587. The minimum absolute atomic E-state index is 0.194. The summed E-state index contributed by atoms with van der Waals surface area (Å²) in [5.74, 6) is 0.827. The number of piperidine rings is 2. The highest BCUT2D eigenvalue weighted by Crippen LogP contribution is 2.34. The molecular weight excluding hydrogens is 360 g/mol. The van der Waals surface area contributed by atoms with Crippen LogP contribution >= 0.6 is 11.3 Å². The van der Waals surface area contributed by atoms with E-state index in [-0.39, 0.29) is 17.9 Å². The maximum atomic E-state index is 13.0. The SMILES string of the molecule is O=C(C1CCN(C2CCOCC2)CC1)N1CCC([C@H](O)c2cccs2)CC1. The molecule has 3 aliphatic rings. The smallest absolute Gasteiger partial charge is 0.225 e. The lowest BCUT2D eigenvalue weighted by molar-refractivity contribution is -0.139. The van der Waals surface area contributed by atoms with Gasteiger partial charge in [0.2, 0.25) is 5.91 Å². The quantitative estimate of drug-likeness (QED) is 0.856. The molecule has 1 atom stereocenters. The summed E-state index contributed by atoms with van der Waals surface area (Å²) >= 11 is 1.62. The number of aliphatic hydroxyl groups is 1. The van der Waals surface area contributed by atoms with Crippen molar-refractivity contribution in [3.63, 3.8) is 0 Å². The van der Waals surface area contributed by atoms with Crippen molar-refractivity contribution >= 4 is 17.2 Å². The van der Waals surface area contributed by atoms with Crippen LogP contribution in [0.15, 0.2) is 17.5 Å². The summed E-state index contributed by atoms with van der Waals surface area (Å²) < 4.78 is 5.47. The summed E-state index contributed by atoms with van der Waals surface area (Å²) in [5.41, 5.74) is 0. The Balaban J connectivity index is 1.23. The van der Waals surface area contributed by atoms with Crippen molar-refractivity contribution in [2.45, 2.75) is 50.7 Å². The molecule has 6 heteroatoms. The molecule has 1 aromatic heterocycles. The molecule has 0 bridgehead atoms. The third-order valence-corrected chi connectivity index (χ3v) is 7.66. The van der Waals surface area contributed by atoms with Crippen LogP contribution in [0, 0.1) is 11.8 Å². The average Bonchev–Trinajstić information content (AvgIpc) is 3.28. The van der Waals surface area contributed by atoms with Crippen molar-refractivity contribution in [3.8, 4) is 0 Å². The normalized spacial score (nSPS) is 25.6. The number of amides is 1. The third-order valence-electron chi connectivity index (χ3n) is 6.72. The fourth-order valence-electron chi connectivity index (χ4n) is 4.95. The Morgan fingerprint density at radius 3 is 2.41 bits per heavy atom. The topological polar surface area (TPSA) is 53.0 Å². The average molecular weight is 393 g/mol. The van der Waals surface area contributed by atoms with Crippen LogP contribution in [0.2, 0.25) is 0 Å². The van der Waals surface area contributed by atoms with E-state index in [1.54, 1.807) is 11.3 Å². The predicted molar refractivity (Wildman–Crippen MR) is 107 cm³/mol. The van der Waals surface area contributed by atoms with E-state index in [0.717, 1.165) is 82.8 Å². The molecule has 5 nitrogen and oxygen atoms in total. The second-order valence-corrected chi connectivity index (χ2v) is 9.26. The van der Waals surface area contributed by atoms with Gasteiger partial charge in [-0.25, -0.2) is 0 Å². The van der Waals surface area contributed by atoms with Crippen LogP contribution in [0.1, 0.15) is 49.5 Å². The minimum Gasteiger partial charge on any atom is -0.387 e. The van der Waals surface area contributed by atoms with Gasteiger partial charge in [0.05, 0.1) is 6.10 Å². The van der Waals surface area contributed by atoms with Crippen LogP contribution in [0.5, 0.6) is 0 Å². The Morgan fingerprint density at radius 1 is 1.07 bits per heavy atom. The van der Waals surface area contributed by atoms with E-state index in [1.165, 1.54) is 0 Å². The highest BCUT2D eigenvalue weighted by atomic mass is 32.1. The number of thiophene rings is 1. The van der Waals surface area contributed by atoms with Crippen LogP contribution in [-0.4, -0.2) is 66.2 Å². The molecule has 4 heterocycles. The maximum Gasteiger partial charge on any atom is 0.225 e. The Hall–Kier alpha value is -0.950. The van der Waals surface area contributed by atoms with Crippen molar-refractivity contribution in [2.24, 2.45) is 11.8 Å². The largest absolute Gasteiger partial charge is 0.387 e. The lowest BCUT2D eigenvalue weighted by atomic mass is 9.88.